The number of hydrogen-bond donors (Lipinski definition) is 3. The van der Waals surface area contributed by atoms with E-state index in [4.69, 9.17) is 4.74 Å². The Balaban J connectivity index is 1.92. The molecule has 0 radical (unpaired) electrons. The van der Waals surface area contributed by atoms with Crippen molar-refractivity contribution in [2.75, 3.05) is 13.7 Å². The molecule has 0 aliphatic carbocycles. The summed E-state index contributed by atoms with van der Waals surface area (Å²) in [6.07, 6.45) is 5.27. The molecule has 0 bridgehead atoms. The second-order valence-electron chi connectivity index (χ2n) is 7.82. The highest BCUT2D eigenvalue weighted by Gasteiger charge is 2.34. The summed E-state index contributed by atoms with van der Waals surface area (Å²) in [5.74, 6) is -1.88. The van der Waals surface area contributed by atoms with E-state index < -0.39 is 34.3 Å². The molecule has 0 spiro atoms. The number of aldehydes is 1. The predicted octanol–water partition coefficient (Wildman–Crippen LogP) is 1.60. The number of aromatic hydroxyl groups is 1. The van der Waals surface area contributed by atoms with Gasteiger partial charge in [0.25, 0.3) is 11.5 Å². The summed E-state index contributed by atoms with van der Waals surface area (Å²) >= 11 is 0. The highest BCUT2D eigenvalue weighted by Crippen LogP contribution is 2.27. The van der Waals surface area contributed by atoms with Crippen molar-refractivity contribution in [2.45, 2.75) is 32.5 Å². The molecular formula is C23H25FN4O5. The second kappa shape index (κ2) is 9.78. The van der Waals surface area contributed by atoms with Gasteiger partial charge in [-0.05, 0) is 55.5 Å². The SMILES string of the molecule is CN/C=C\C=C(/C=O)c1cc(F)ccc1CNC(=O)c1nc2n(c(=O)c1O)CCOC2(C)C. The van der Waals surface area contributed by atoms with Gasteiger partial charge in [0.2, 0.25) is 5.75 Å². The van der Waals surface area contributed by atoms with E-state index in [1.807, 2.05) is 0 Å². The lowest BCUT2D eigenvalue weighted by Crippen LogP contribution is -2.42. The van der Waals surface area contributed by atoms with Gasteiger partial charge < -0.3 is 20.5 Å². The molecule has 33 heavy (non-hydrogen) atoms. The van der Waals surface area contributed by atoms with Crippen LogP contribution in [0, 0.1) is 5.82 Å². The Kier molecular flexibility index (Phi) is 7.07. The van der Waals surface area contributed by atoms with Gasteiger partial charge in [-0.25, -0.2) is 9.37 Å². The van der Waals surface area contributed by atoms with Crippen molar-refractivity contribution in [3.8, 4) is 5.75 Å². The summed E-state index contributed by atoms with van der Waals surface area (Å²) in [7, 11) is 1.69. The summed E-state index contributed by atoms with van der Waals surface area (Å²) in [5, 5.41) is 15.7. The van der Waals surface area contributed by atoms with Crippen molar-refractivity contribution in [2.24, 2.45) is 0 Å². The number of fused-ring (bicyclic) bond motifs is 1. The normalized spacial score (nSPS) is 15.2. The van der Waals surface area contributed by atoms with Crippen molar-refractivity contribution in [3.05, 3.63) is 75.4 Å². The third kappa shape index (κ3) is 5.01. The number of aromatic nitrogens is 2. The van der Waals surface area contributed by atoms with Gasteiger partial charge in [0, 0.05) is 19.2 Å². The third-order valence-electron chi connectivity index (χ3n) is 5.16. The Bertz CT molecular complexity index is 1200. The van der Waals surface area contributed by atoms with Gasteiger partial charge in [-0.1, -0.05) is 6.07 Å². The van der Waals surface area contributed by atoms with Crippen LogP contribution < -0.4 is 16.2 Å². The molecule has 3 rings (SSSR count). The Labute approximate surface area is 189 Å². The number of nitrogens with zero attached hydrogens (tertiary/aromatic N) is 2. The molecule has 2 aromatic rings. The molecule has 1 amide bonds. The number of ether oxygens (including phenoxy) is 1. The van der Waals surface area contributed by atoms with Gasteiger partial charge in [0.1, 0.15) is 17.2 Å². The molecule has 3 N–H and O–H groups in total. The van der Waals surface area contributed by atoms with E-state index in [1.165, 1.54) is 28.8 Å². The summed E-state index contributed by atoms with van der Waals surface area (Å²) in [6, 6.07) is 3.84. The zero-order chi connectivity index (χ0) is 24.2. The number of allylic oxidation sites excluding steroid dienone is 3. The first-order chi connectivity index (χ1) is 15.7. The number of amides is 1. The first-order valence-corrected chi connectivity index (χ1v) is 10.2. The predicted molar refractivity (Wildman–Crippen MR) is 119 cm³/mol. The summed E-state index contributed by atoms with van der Waals surface area (Å²) in [6.45, 7) is 3.81. The number of halogens is 1. The lowest BCUT2D eigenvalue weighted by molar-refractivity contribution is -0.103. The summed E-state index contributed by atoms with van der Waals surface area (Å²) < 4.78 is 20.8. The Hall–Kier alpha value is -3.79. The molecular weight excluding hydrogens is 431 g/mol. The quantitative estimate of drug-likeness (QED) is 0.329. The standard InChI is InChI=1S/C23H25FN4O5/c1-23(2)22-27-18(19(30)21(32)28(22)9-10-33-23)20(31)26-12-14-6-7-16(24)11-17(14)15(13-29)5-4-8-25-3/h4-8,11,13,25,30H,9-10,12H2,1-3H3,(H,26,31)/b8-4-,15-5+. The Morgan fingerprint density at radius 3 is 2.85 bits per heavy atom. The molecule has 10 heteroatoms. The molecule has 0 atom stereocenters. The lowest BCUT2D eigenvalue weighted by Gasteiger charge is -2.32. The van der Waals surface area contributed by atoms with E-state index in [0.717, 1.165) is 0 Å². The van der Waals surface area contributed by atoms with E-state index >= 15 is 0 Å². The van der Waals surface area contributed by atoms with Crippen LogP contribution in [0.25, 0.3) is 5.57 Å². The topological polar surface area (TPSA) is 123 Å². The summed E-state index contributed by atoms with van der Waals surface area (Å²) in [5.41, 5.74) is -1.13. The van der Waals surface area contributed by atoms with Gasteiger partial charge in [0.15, 0.2) is 12.0 Å². The molecule has 2 heterocycles. The number of carbonyl (C=O) groups is 2. The van der Waals surface area contributed by atoms with Gasteiger partial charge in [-0.2, -0.15) is 0 Å². The number of nitrogens with one attached hydrogen (secondary N) is 2. The molecule has 0 saturated carbocycles. The van der Waals surface area contributed by atoms with Gasteiger partial charge in [-0.3, -0.25) is 19.0 Å². The van der Waals surface area contributed by atoms with Gasteiger partial charge in [-0.15, -0.1) is 0 Å². The molecule has 0 saturated heterocycles. The average Bonchev–Trinajstić information content (AvgIpc) is 2.78. The van der Waals surface area contributed by atoms with Crippen LogP contribution in [-0.4, -0.2) is 40.5 Å². The zero-order valence-corrected chi connectivity index (χ0v) is 18.5. The second-order valence-corrected chi connectivity index (χ2v) is 7.82. The Morgan fingerprint density at radius 1 is 1.39 bits per heavy atom. The van der Waals surface area contributed by atoms with E-state index in [0.29, 0.717) is 17.4 Å². The number of hydrogen-bond acceptors (Lipinski definition) is 7. The molecule has 0 fully saturated rings. The minimum absolute atomic E-state index is 0.102. The third-order valence-corrected chi connectivity index (χ3v) is 5.16. The largest absolute Gasteiger partial charge is 0.501 e. The first kappa shape index (κ1) is 23.9. The molecule has 1 aromatic heterocycles. The van der Waals surface area contributed by atoms with E-state index in [2.05, 4.69) is 15.6 Å². The Morgan fingerprint density at radius 2 is 2.15 bits per heavy atom. The van der Waals surface area contributed by atoms with Crippen LogP contribution in [0.1, 0.15) is 41.3 Å². The van der Waals surface area contributed by atoms with Crippen LogP contribution in [0.2, 0.25) is 0 Å². The van der Waals surface area contributed by atoms with Crippen molar-refractivity contribution in [1.29, 1.82) is 0 Å². The van der Waals surface area contributed by atoms with E-state index in [1.54, 1.807) is 33.2 Å². The minimum Gasteiger partial charge on any atom is -0.501 e. The van der Waals surface area contributed by atoms with E-state index in [9.17, 15) is 23.9 Å². The molecule has 1 aliphatic rings. The molecule has 9 nitrogen and oxygen atoms in total. The van der Waals surface area contributed by atoms with Crippen molar-refractivity contribution >= 4 is 17.8 Å². The maximum absolute atomic E-state index is 13.9. The minimum atomic E-state index is -0.922. The highest BCUT2D eigenvalue weighted by atomic mass is 19.1. The zero-order valence-electron chi connectivity index (χ0n) is 18.5. The van der Waals surface area contributed by atoms with Gasteiger partial charge in [0.05, 0.1) is 13.2 Å². The van der Waals surface area contributed by atoms with Crippen LogP contribution >= 0.6 is 0 Å². The average molecular weight is 456 g/mol. The van der Waals surface area contributed by atoms with Crippen molar-refractivity contribution < 1.29 is 23.8 Å². The molecule has 1 aromatic carbocycles. The number of carbonyl (C=O) groups excluding carboxylic acids is 2. The number of rotatable bonds is 7. The summed E-state index contributed by atoms with van der Waals surface area (Å²) in [4.78, 5) is 41.2. The highest BCUT2D eigenvalue weighted by molar-refractivity contribution is 6.08. The molecule has 174 valence electrons. The van der Waals surface area contributed by atoms with E-state index in [-0.39, 0.29) is 31.1 Å². The fourth-order valence-electron chi connectivity index (χ4n) is 3.50. The van der Waals surface area contributed by atoms with Crippen molar-refractivity contribution in [3.63, 3.8) is 0 Å². The monoisotopic (exact) mass is 456 g/mol. The molecule has 1 aliphatic heterocycles. The maximum atomic E-state index is 13.9. The van der Waals surface area contributed by atoms with Crippen LogP contribution in [0.5, 0.6) is 5.75 Å². The van der Waals surface area contributed by atoms with Crippen molar-refractivity contribution in [1.82, 2.24) is 20.2 Å². The number of benzene rings is 1. The van der Waals surface area contributed by atoms with Crippen LogP contribution in [0.4, 0.5) is 4.39 Å². The fourth-order valence-corrected chi connectivity index (χ4v) is 3.50. The van der Waals surface area contributed by atoms with Crippen LogP contribution in [0.3, 0.4) is 0 Å². The van der Waals surface area contributed by atoms with Crippen LogP contribution in [-0.2, 0) is 28.2 Å². The fraction of sp³-hybridized carbons (Fsp3) is 0.304. The first-order valence-electron chi connectivity index (χ1n) is 10.2. The lowest BCUT2D eigenvalue weighted by atomic mass is 9.99. The van der Waals surface area contributed by atoms with Crippen LogP contribution in [0.15, 0.2) is 41.3 Å². The smallest absolute Gasteiger partial charge is 0.296 e. The maximum Gasteiger partial charge on any atom is 0.296 e. The molecule has 0 unspecified atom stereocenters. The van der Waals surface area contributed by atoms with Gasteiger partial charge >= 0.3 is 0 Å².